The van der Waals surface area contributed by atoms with Gasteiger partial charge in [0.1, 0.15) is 0 Å². The van der Waals surface area contributed by atoms with E-state index in [-0.39, 0.29) is 5.91 Å². The summed E-state index contributed by atoms with van der Waals surface area (Å²) in [6.45, 7) is 0. The molecule has 1 aromatic heterocycles. The van der Waals surface area contributed by atoms with Crippen molar-refractivity contribution in [1.82, 2.24) is 10.4 Å². The summed E-state index contributed by atoms with van der Waals surface area (Å²) >= 11 is 0. The summed E-state index contributed by atoms with van der Waals surface area (Å²) in [7, 11) is 0. The van der Waals surface area contributed by atoms with Gasteiger partial charge in [-0.25, -0.2) is 5.84 Å². The Labute approximate surface area is 192 Å². The second kappa shape index (κ2) is 11.5. The zero-order valence-electron chi connectivity index (χ0n) is 19.4. The van der Waals surface area contributed by atoms with Gasteiger partial charge in [-0.05, 0) is 30.0 Å². The summed E-state index contributed by atoms with van der Waals surface area (Å²) in [4.78, 5) is 16.1. The number of aromatic nitrogens is 1. The van der Waals surface area contributed by atoms with Gasteiger partial charge in [0.25, 0.3) is 5.91 Å². The Balaban J connectivity index is 1.59. The first-order valence-corrected chi connectivity index (χ1v) is 12.8. The molecule has 1 fully saturated rings. The van der Waals surface area contributed by atoms with Crippen molar-refractivity contribution in [3.05, 3.63) is 47.5 Å². The maximum absolute atomic E-state index is 12.5. The van der Waals surface area contributed by atoms with Crippen LogP contribution in [0.15, 0.2) is 36.4 Å². The highest BCUT2D eigenvalue weighted by Crippen LogP contribution is 2.33. The van der Waals surface area contributed by atoms with Crippen molar-refractivity contribution in [2.45, 2.75) is 89.9 Å². The number of fused-ring (bicyclic) bond motifs is 3. The lowest BCUT2D eigenvalue weighted by molar-refractivity contribution is 0.0955. The van der Waals surface area contributed by atoms with Gasteiger partial charge in [0.05, 0.1) is 11.1 Å². The maximum Gasteiger partial charge on any atom is 0.265 e. The number of para-hydroxylation sites is 1. The number of nitrogen functional groups attached to an aromatic ring is 1. The van der Waals surface area contributed by atoms with Crippen molar-refractivity contribution in [3.8, 4) is 0 Å². The van der Waals surface area contributed by atoms with Crippen LogP contribution in [0.3, 0.4) is 0 Å². The van der Waals surface area contributed by atoms with Crippen LogP contribution in [0.5, 0.6) is 0 Å². The Kier molecular flexibility index (Phi) is 8.22. The second-order valence-electron chi connectivity index (χ2n) is 9.70. The average Bonchev–Trinajstić information content (AvgIpc) is 3.21. The van der Waals surface area contributed by atoms with Gasteiger partial charge in [-0.15, -0.1) is 0 Å². The molecule has 0 aliphatic heterocycles. The minimum atomic E-state index is -0.232. The number of hydrogen-bond acceptors (Lipinski definition) is 2. The van der Waals surface area contributed by atoms with E-state index in [4.69, 9.17) is 5.84 Å². The molecule has 4 N–H and O–H groups in total. The quantitative estimate of drug-likeness (QED) is 0.233. The largest absolute Gasteiger partial charge is 0.354 e. The highest BCUT2D eigenvalue weighted by atomic mass is 16.2. The van der Waals surface area contributed by atoms with Crippen LogP contribution in [0.2, 0.25) is 0 Å². The predicted octanol–water partition coefficient (Wildman–Crippen LogP) is 7.17. The molecule has 4 rings (SSSR count). The van der Waals surface area contributed by atoms with Crippen molar-refractivity contribution >= 4 is 27.7 Å². The molecule has 0 spiro atoms. The number of carbonyl (C=O) groups is 1. The standard InChI is InChI=1S/C28H39N3O/c29-31-28(32)24-19-18-22(27-26(24)23-16-12-13-17-25(23)30-27)20-21-14-10-8-6-4-2-1-3-5-7-9-11-15-21/h12-13,16-19,21,30H,1-11,14-15,20,29H2,(H,31,32). The van der Waals surface area contributed by atoms with Crippen molar-refractivity contribution in [1.29, 1.82) is 0 Å². The summed E-state index contributed by atoms with van der Waals surface area (Å²) in [6.07, 6.45) is 19.0. The van der Waals surface area contributed by atoms with Gasteiger partial charge in [-0.1, -0.05) is 108 Å². The number of nitrogens with two attached hydrogens (primary N) is 1. The highest BCUT2D eigenvalue weighted by Gasteiger charge is 2.19. The summed E-state index contributed by atoms with van der Waals surface area (Å²) in [5.74, 6) is 5.97. The van der Waals surface area contributed by atoms with Crippen LogP contribution in [-0.2, 0) is 6.42 Å². The van der Waals surface area contributed by atoms with E-state index in [1.165, 1.54) is 89.0 Å². The van der Waals surface area contributed by atoms with Gasteiger partial charge in [0, 0.05) is 16.3 Å². The summed E-state index contributed by atoms with van der Waals surface area (Å²) in [5, 5.41) is 2.09. The van der Waals surface area contributed by atoms with Crippen molar-refractivity contribution < 1.29 is 4.79 Å². The predicted molar refractivity (Wildman–Crippen MR) is 135 cm³/mol. The van der Waals surface area contributed by atoms with Crippen LogP contribution >= 0.6 is 0 Å². The molecule has 172 valence electrons. The lowest BCUT2D eigenvalue weighted by Gasteiger charge is -2.19. The Morgan fingerprint density at radius 3 is 2.06 bits per heavy atom. The average molecular weight is 434 g/mol. The molecule has 1 aliphatic rings. The van der Waals surface area contributed by atoms with E-state index < -0.39 is 0 Å². The van der Waals surface area contributed by atoms with Crippen LogP contribution < -0.4 is 11.3 Å². The first-order chi connectivity index (χ1) is 15.8. The van der Waals surface area contributed by atoms with Crippen LogP contribution in [0.4, 0.5) is 0 Å². The number of rotatable bonds is 3. The molecular formula is C28H39N3O. The molecule has 1 amide bonds. The Bertz CT molecular complexity index is 1010. The zero-order valence-corrected chi connectivity index (χ0v) is 19.4. The summed E-state index contributed by atoms with van der Waals surface area (Å²) < 4.78 is 0. The first kappa shape index (κ1) is 22.8. The lowest BCUT2D eigenvalue weighted by Crippen LogP contribution is -2.30. The van der Waals surface area contributed by atoms with E-state index in [0.717, 1.165) is 28.2 Å². The topological polar surface area (TPSA) is 70.9 Å². The minimum Gasteiger partial charge on any atom is -0.354 e. The number of nitrogens with one attached hydrogen (secondary N) is 2. The van der Waals surface area contributed by atoms with Crippen LogP contribution in [0, 0.1) is 5.92 Å². The molecule has 2 aromatic carbocycles. The number of amides is 1. The normalized spacial score (nSPS) is 17.9. The van der Waals surface area contributed by atoms with Crippen LogP contribution in [-0.4, -0.2) is 10.9 Å². The molecule has 32 heavy (non-hydrogen) atoms. The van der Waals surface area contributed by atoms with Gasteiger partial charge in [0.2, 0.25) is 0 Å². The van der Waals surface area contributed by atoms with E-state index in [0.29, 0.717) is 11.5 Å². The SMILES string of the molecule is NNC(=O)c1ccc(CC2CCCCCCCCCCCCC2)c2[nH]c3ccccc3c12. The first-order valence-electron chi connectivity index (χ1n) is 12.8. The molecule has 1 heterocycles. The fourth-order valence-corrected chi connectivity index (χ4v) is 5.57. The van der Waals surface area contributed by atoms with E-state index >= 15 is 0 Å². The molecule has 1 saturated carbocycles. The molecule has 0 bridgehead atoms. The number of hydrazine groups is 1. The third kappa shape index (κ3) is 5.53. The maximum atomic E-state index is 12.5. The fraction of sp³-hybridized carbons (Fsp3) is 0.536. The molecule has 1 aliphatic carbocycles. The molecular weight excluding hydrogens is 394 g/mol. The Morgan fingerprint density at radius 1 is 0.844 bits per heavy atom. The van der Waals surface area contributed by atoms with Crippen molar-refractivity contribution in [2.75, 3.05) is 0 Å². The molecule has 0 saturated heterocycles. The van der Waals surface area contributed by atoms with Gasteiger partial charge < -0.3 is 4.98 Å². The van der Waals surface area contributed by atoms with Gasteiger partial charge in [0.15, 0.2) is 0 Å². The third-order valence-corrected chi connectivity index (χ3v) is 7.36. The van der Waals surface area contributed by atoms with Crippen LogP contribution in [0.1, 0.15) is 99.4 Å². The summed E-state index contributed by atoms with van der Waals surface area (Å²) in [5.41, 5.74) is 6.48. The molecule has 4 heteroatoms. The minimum absolute atomic E-state index is 0.232. The lowest BCUT2D eigenvalue weighted by atomic mass is 9.87. The van der Waals surface area contributed by atoms with E-state index in [1.807, 2.05) is 18.2 Å². The molecule has 3 aromatic rings. The van der Waals surface area contributed by atoms with Crippen LogP contribution in [0.25, 0.3) is 21.8 Å². The van der Waals surface area contributed by atoms with E-state index in [2.05, 4.69) is 28.6 Å². The number of benzene rings is 2. The third-order valence-electron chi connectivity index (χ3n) is 7.36. The van der Waals surface area contributed by atoms with Gasteiger partial charge in [-0.2, -0.15) is 0 Å². The fourth-order valence-electron chi connectivity index (χ4n) is 5.57. The second-order valence-corrected chi connectivity index (χ2v) is 9.70. The summed E-state index contributed by atoms with van der Waals surface area (Å²) in [6, 6.07) is 12.4. The van der Waals surface area contributed by atoms with E-state index in [9.17, 15) is 4.79 Å². The zero-order chi connectivity index (χ0) is 22.2. The van der Waals surface area contributed by atoms with Crippen molar-refractivity contribution in [2.24, 2.45) is 11.8 Å². The monoisotopic (exact) mass is 433 g/mol. The molecule has 4 nitrogen and oxygen atoms in total. The number of hydrogen-bond donors (Lipinski definition) is 3. The molecule has 0 radical (unpaired) electrons. The van der Waals surface area contributed by atoms with E-state index in [1.54, 1.807) is 0 Å². The number of H-pyrrole nitrogens is 1. The Morgan fingerprint density at radius 2 is 1.44 bits per heavy atom. The Hall–Kier alpha value is -2.33. The number of aromatic amines is 1. The van der Waals surface area contributed by atoms with Gasteiger partial charge >= 0.3 is 0 Å². The smallest absolute Gasteiger partial charge is 0.265 e. The molecule has 0 unspecified atom stereocenters. The number of carbonyl (C=O) groups excluding carboxylic acids is 1. The molecule has 0 atom stereocenters. The highest BCUT2D eigenvalue weighted by molar-refractivity contribution is 6.18. The van der Waals surface area contributed by atoms with Crippen molar-refractivity contribution in [3.63, 3.8) is 0 Å². The van der Waals surface area contributed by atoms with Gasteiger partial charge in [-0.3, -0.25) is 10.2 Å².